The fraction of sp³-hybridized carbons (Fsp3) is 0.273. The van der Waals surface area contributed by atoms with Crippen LogP contribution in [0.4, 0.5) is 0 Å². The highest BCUT2D eigenvalue weighted by atomic mass is 16.5. The Morgan fingerprint density at radius 3 is 2.69 bits per heavy atom. The van der Waals surface area contributed by atoms with Gasteiger partial charge in [-0.15, -0.1) is 0 Å². The van der Waals surface area contributed by atoms with E-state index in [9.17, 15) is 0 Å². The van der Waals surface area contributed by atoms with Crippen LogP contribution in [0, 0.1) is 19.3 Å². The molecule has 0 aliphatic carbocycles. The van der Waals surface area contributed by atoms with E-state index in [1.807, 2.05) is 26.0 Å². The second kappa shape index (κ2) is 5.16. The summed E-state index contributed by atoms with van der Waals surface area (Å²) in [4.78, 5) is 0. The third-order valence-corrected chi connectivity index (χ3v) is 2.39. The van der Waals surface area contributed by atoms with Gasteiger partial charge in [0.15, 0.2) is 0 Å². The highest BCUT2D eigenvalue weighted by molar-refractivity contribution is 5.84. The average Bonchev–Trinajstić information content (AvgIpc) is 2.24. The van der Waals surface area contributed by atoms with E-state index in [1.165, 1.54) is 0 Å². The quantitative estimate of drug-likeness (QED) is 0.405. The predicted octanol–water partition coefficient (Wildman–Crippen LogP) is 1.13. The van der Waals surface area contributed by atoms with Crippen molar-refractivity contribution >= 4 is 12.2 Å². The Bertz CT molecular complexity index is 426. The van der Waals surface area contributed by atoms with Crippen LogP contribution in [0.15, 0.2) is 17.2 Å². The monoisotopic (exact) mass is 220 g/mol. The summed E-state index contributed by atoms with van der Waals surface area (Å²) in [5.41, 5.74) is 10.6. The number of ether oxygens (including phenoxy) is 1. The highest BCUT2D eigenvalue weighted by Crippen LogP contribution is 2.22. The second-order valence-corrected chi connectivity index (χ2v) is 3.39. The topological polar surface area (TPSA) is 83.5 Å². The van der Waals surface area contributed by atoms with E-state index in [0.717, 1.165) is 22.4 Å². The van der Waals surface area contributed by atoms with Gasteiger partial charge in [-0.1, -0.05) is 0 Å². The second-order valence-electron chi connectivity index (χ2n) is 3.39. The zero-order valence-electron chi connectivity index (χ0n) is 9.66. The number of benzene rings is 1. The number of nitrogens with two attached hydrogens (primary N) is 1. The molecule has 0 saturated carbocycles. The normalized spacial score (nSPS) is 10.4. The van der Waals surface area contributed by atoms with Crippen LogP contribution in [-0.2, 0) is 0 Å². The Morgan fingerprint density at radius 2 is 2.12 bits per heavy atom. The van der Waals surface area contributed by atoms with Crippen LogP contribution in [0.3, 0.4) is 0 Å². The van der Waals surface area contributed by atoms with E-state index in [4.69, 9.17) is 15.9 Å². The molecule has 0 fully saturated rings. The average molecular weight is 220 g/mol. The molecule has 1 aromatic rings. The minimum atomic E-state index is -0.181. The van der Waals surface area contributed by atoms with Crippen molar-refractivity contribution in [2.75, 3.05) is 7.11 Å². The zero-order valence-corrected chi connectivity index (χ0v) is 9.66. The first-order valence-electron chi connectivity index (χ1n) is 4.83. The molecule has 0 bridgehead atoms. The van der Waals surface area contributed by atoms with Gasteiger partial charge in [-0.2, -0.15) is 5.10 Å². The van der Waals surface area contributed by atoms with Gasteiger partial charge in [0, 0.05) is 0 Å². The Balaban J connectivity index is 2.94. The van der Waals surface area contributed by atoms with Crippen LogP contribution in [-0.4, -0.2) is 19.3 Å². The van der Waals surface area contributed by atoms with Crippen LogP contribution in [0.2, 0.25) is 0 Å². The molecule has 1 aromatic carbocycles. The zero-order chi connectivity index (χ0) is 12.1. The van der Waals surface area contributed by atoms with Crippen LogP contribution >= 0.6 is 0 Å². The van der Waals surface area contributed by atoms with Crippen molar-refractivity contribution in [1.29, 1.82) is 5.41 Å². The van der Waals surface area contributed by atoms with E-state index < -0.39 is 0 Å². The van der Waals surface area contributed by atoms with Crippen LogP contribution in [0.5, 0.6) is 5.75 Å². The van der Waals surface area contributed by atoms with E-state index in [0.29, 0.717) is 0 Å². The number of hydrogen-bond donors (Lipinski definition) is 3. The summed E-state index contributed by atoms with van der Waals surface area (Å²) in [5, 5.41) is 10.8. The van der Waals surface area contributed by atoms with Gasteiger partial charge in [0.1, 0.15) is 5.75 Å². The van der Waals surface area contributed by atoms with Gasteiger partial charge in [0.2, 0.25) is 5.96 Å². The van der Waals surface area contributed by atoms with Crippen molar-refractivity contribution < 1.29 is 4.74 Å². The first-order chi connectivity index (χ1) is 7.56. The number of nitrogens with one attached hydrogen (secondary N) is 2. The van der Waals surface area contributed by atoms with Crippen LogP contribution in [0.25, 0.3) is 0 Å². The lowest BCUT2D eigenvalue weighted by Gasteiger charge is -2.09. The fourth-order valence-corrected chi connectivity index (χ4v) is 1.35. The van der Waals surface area contributed by atoms with Gasteiger partial charge in [-0.3, -0.25) is 5.41 Å². The molecule has 1 rings (SSSR count). The summed E-state index contributed by atoms with van der Waals surface area (Å²) in [6.07, 6.45) is 1.63. The first kappa shape index (κ1) is 12.0. The SMILES string of the molecule is COc1ccc(C=NNC(=N)N)c(C)c1C. The number of guanidine groups is 1. The molecule has 0 spiro atoms. The molecule has 0 unspecified atom stereocenters. The summed E-state index contributed by atoms with van der Waals surface area (Å²) >= 11 is 0. The number of rotatable bonds is 3. The minimum Gasteiger partial charge on any atom is -0.496 e. The molecule has 5 nitrogen and oxygen atoms in total. The largest absolute Gasteiger partial charge is 0.496 e. The third-order valence-electron chi connectivity index (χ3n) is 2.39. The molecule has 86 valence electrons. The lowest BCUT2D eigenvalue weighted by molar-refractivity contribution is 0.411. The van der Waals surface area contributed by atoms with Crippen molar-refractivity contribution in [2.45, 2.75) is 13.8 Å². The van der Waals surface area contributed by atoms with Crippen LogP contribution in [0.1, 0.15) is 16.7 Å². The molecule has 0 aliphatic rings. The van der Waals surface area contributed by atoms with E-state index in [-0.39, 0.29) is 5.96 Å². The van der Waals surface area contributed by atoms with Crippen molar-refractivity contribution in [3.05, 3.63) is 28.8 Å². The first-order valence-corrected chi connectivity index (χ1v) is 4.83. The molecule has 0 aliphatic heterocycles. The highest BCUT2D eigenvalue weighted by Gasteiger charge is 2.04. The maximum absolute atomic E-state index is 6.95. The molecule has 0 radical (unpaired) electrons. The molecule has 0 amide bonds. The lowest BCUT2D eigenvalue weighted by atomic mass is 10.0. The maximum atomic E-state index is 6.95. The summed E-state index contributed by atoms with van der Waals surface area (Å²) < 4.78 is 5.21. The molecule has 16 heavy (non-hydrogen) atoms. The predicted molar refractivity (Wildman–Crippen MR) is 65.1 cm³/mol. The number of nitrogens with zero attached hydrogens (tertiary/aromatic N) is 1. The summed E-state index contributed by atoms with van der Waals surface area (Å²) in [5.74, 6) is 0.674. The van der Waals surface area contributed by atoms with Gasteiger partial charge in [-0.25, -0.2) is 5.43 Å². The maximum Gasteiger partial charge on any atom is 0.206 e. The molecule has 0 aromatic heterocycles. The smallest absolute Gasteiger partial charge is 0.206 e. The molecule has 0 saturated heterocycles. The molecular weight excluding hydrogens is 204 g/mol. The van der Waals surface area contributed by atoms with Crippen molar-refractivity contribution in [3.63, 3.8) is 0 Å². The van der Waals surface area contributed by atoms with E-state index in [2.05, 4.69) is 10.5 Å². The Hall–Kier alpha value is -2.04. The Morgan fingerprint density at radius 1 is 1.44 bits per heavy atom. The summed E-state index contributed by atoms with van der Waals surface area (Å²) in [6.45, 7) is 3.98. The fourth-order valence-electron chi connectivity index (χ4n) is 1.35. The van der Waals surface area contributed by atoms with Gasteiger partial charge in [-0.05, 0) is 42.7 Å². The third kappa shape index (κ3) is 2.73. The lowest BCUT2D eigenvalue weighted by Crippen LogP contribution is -2.25. The summed E-state index contributed by atoms with van der Waals surface area (Å²) in [6, 6.07) is 3.80. The summed E-state index contributed by atoms with van der Waals surface area (Å²) in [7, 11) is 1.65. The molecule has 0 heterocycles. The Kier molecular flexibility index (Phi) is 3.88. The van der Waals surface area contributed by atoms with Gasteiger partial charge >= 0.3 is 0 Å². The minimum absolute atomic E-state index is 0.181. The van der Waals surface area contributed by atoms with Crippen LogP contribution < -0.4 is 15.9 Å². The molecule has 5 heteroatoms. The van der Waals surface area contributed by atoms with Crippen molar-refractivity contribution in [3.8, 4) is 5.75 Å². The Labute approximate surface area is 94.8 Å². The number of hydrazone groups is 1. The molecule has 4 N–H and O–H groups in total. The van der Waals surface area contributed by atoms with E-state index in [1.54, 1.807) is 13.3 Å². The van der Waals surface area contributed by atoms with Gasteiger partial charge in [0.05, 0.1) is 13.3 Å². The molecule has 0 atom stereocenters. The number of methoxy groups -OCH3 is 1. The van der Waals surface area contributed by atoms with Gasteiger partial charge in [0.25, 0.3) is 0 Å². The van der Waals surface area contributed by atoms with E-state index >= 15 is 0 Å². The van der Waals surface area contributed by atoms with Gasteiger partial charge < -0.3 is 10.5 Å². The van der Waals surface area contributed by atoms with Crippen molar-refractivity contribution in [2.24, 2.45) is 10.8 Å². The van der Waals surface area contributed by atoms with Crippen molar-refractivity contribution in [1.82, 2.24) is 5.43 Å². The molecular formula is C11H16N4O. The number of hydrogen-bond acceptors (Lipinski definition) is 3. The standard InChI is InChI=1S/C11H16N4O/c1-7-8(2)10(16-3)5-4-9(7)6-14-15-11(12)13/h4-6H,1-3H3,(H4,12,13,15).